The highest BCUT2D eigenvalue weighted by atomic mass is 35.5. The van der Waals surface area contributed by atoms with Crippen LogP contribution in [-0.2, 0) is 22.4 Å². The number of nitrogens with zero attached hydrogens (tertiary/aromatic N) is 3. The second-order valence-corrected chi connectivity index (χ2v) is 7.14. The van der Waals surface area contributed by atoms with Crippen LogP contribution in [0.3, 0.4) is 0 Å². The summed E-state index contributed by atoms with van der Waals surface area (Å²) in [6.45, 7) is 3.95. The van der Waals surface area contributed by atoms with E-state index in [2.05, 4.69) is 9.97 Å². The predicted molar refractivity (Wildman–Crippen MR) is 92.1 cm³/mol. The molecule has 0 aromatic carbocycles. The van der Waals surface area contributed by atoms with Gasteiger partial charge < -0.3 is 9.64 Å². The largest absolute Gasteiger partial charge is 0.383 e. The molecule has 1 aliphatic carbocycles. The first kappa shape index (κ1) is 16.6. The van der Waals surface area contributed by atoms with Crippen LogP contribution in [0.1, 0.15) is 23.8 Å². The number of methoxy groups -OCH3 is 1. The van der Waals surface area contributed by atoms with Gasteiger partial charge in [0, 0.05) is 31.0 Å². The van der Waals surface area contributed by atoms with Gasteiger partial charge in [-0.2, -0.15) is 0 Å². The molecule has 23 heavy (non-hydrogen) atoms. The molecule has 0 spiro atoms. The number of fused-ring (bicyclic) bond motifs is 3. The Labute approximate surface area is 144 Å². The van der Waals surface area contributed by atoms with Gasteiger partial charge in [0.15, 0.2) is 0 Å². The minimum absolute atomic E-state index is 0.0408. The number of halogens is 1. The van der Waals surface area contributed by atoms with Crippen LogP contribution in [0.15, 0.2) is 6.33 Å². The van der Waals surface area contributed by atoms with Crippen LogP contribution in [0.5, 0.6) is 0 Å². The molecule has 7 heteroatoms. The van der Waals surface area contributed by atoms with Crippen molar-refractivity contribution in [2.24, 2.45) is 5.92 Å². The van der Waals surface area contributed by atoms with E-state index in [9.17, 15) is 4.79 Å². The molecule has 1 unspecified atom stereocenters. The fourth-order valence-corrected chi connectivity index (χ4v) is 4.74. The standard InChI is InChI=1S/C16H20ClN3O2S/c1-3-20(6-7-22-2)16(21)10-4-5-11-12(8-10)23-15-13(11)14(17)18-9-19-15/h9-10H,3-8H2,1-2H3. The minimum Gasteiger partial charge on any atom is -0.383 e. The van der Waals surface area contributed by atoms with Crippen molar-refractivity contribution in [1.82, 2.24) is 14.9 Å². The second kappa shape index (κ2) is 7.11. The van der Waals surface area contributed by atoms with Crippen LogP contribution >= 0.6 is 22.9 Å². The van der Waals surface area contributed by atoms with Crippen LogP contribution in [0.2, 0.25) is 5.15 Å². The molecule has 0 N–H and O–H groups in total. The third-order valence-electron chi connectivity index (χ3n) is 4.41. The van der Waals surface area contributed by atoms with Crippen molar-refractivity contribution in [1.29, 1.82) is 0 Å². The van der Waals surface area contributed by atoms with Gasteiger partial charge in [0.2, 0.25) is 5.91 Å². The number of amides is 1. The van der Waals surface area contributed by atoms with Crippen LogP contribution in [0.4, 0.5) is 0 Å². The molecule has 1 aliphatic rings. The molecular formula is C16H20ClN3O2S. The highest BCUT2D eigenvalue weighted by Crippen LogP contribution is 2.39. The molecule has 0 fully saturated rings. The van der Waals surface area contributed by atoms with Crippen LogP contribution in [0, 0.1) is 5.92 Å². The lowest BCUT2D eigenvalue weighted by Gasteiger charge is -2.28. The Morgan fingerprint density at radius 1 is 1.52 bits per heavy atom. The van der Waals surface area contributed by atoms with Gasteiger partial charge >= 0.3 is 0 Å². The lowest BCUT2D eigenvalue weighted by atomic mass is 9.87. The fraction of sp³-hybridized carbons (Fsp3) is 0.562. The topological polar surface area (TPSA) is 55.3 Å². The number of hydrogen-bond donors (Lipinski definition) is 0. The van der Waals surface area contributed by atoms with E-state index in [0.29, 0.717) is 18.3 Å². The first-order valence-electron chi connectivity index (χ1n) is 7.84. The average molecular weight is 354 g/mol. The smallest absolute Gasteiger partial charge is 0.226 e. The molecule has 1 amide bonds. The van der Waals surface area contributed by atoms with Crippen LogP contribution in [-0.4, -0.2) is 47.6 Å². The number of thiophene rings is 1. The third kappa shape index (κ3) is 3.20. The molecule has 0 aliphatic heterocycles. The van der Waals surface area contributed by atoms with Crippen molar-refractivity contribution < 1.29 is 9.53 Å². The fourth-order valence-electron chi connectivity index (χ4n) is 3.17. The number of rotatable bonds is 5. The number of ether oxygens (including phenoxy) is 1. The third-order valence-corrected chi connectivity index (χ3v) is 5.86. The number of carbonyl (C=O) groups excluding carboxylic acids is 1. The Morgan fingerprint density at radius 3 is 3.09 bits per heavy atom. The number of hydrogen-bond acceptors (Lipinski definition) is 5. The molecule has 0 radical (unpaired) electrons. The van der Waals surface area contributed by atoms with Crippen molar-refractivity contribution in [2.75, 3.05) is 26.8 Å². The van der Waals surface area contributed by atoms with Crippen LogP contribution < -0.4 is 0 Å². The normalized spacial score (nSPS) is 17.3. The molecule has 2 heterocycles. The predicted octanol–water partition coefficient (Wildman–Crippen LogP) is 2.94. The second-order valence-electron chi connectivity index (χ2n) is 5.70. The summed E-state index contributed by atoms with van der Waals surface area (Å²) >= 11 is 7.87. The van der Waals surface area contributed by atoms with Crippen LogP contribution in [0.25, 0.3) is 10.2 Å². The van der Waals surface area contributed by atoms with Gasteiger partial charge in [-0.3, -0.25) is 4.79 Å². The molecule has 1 atom stereocenters. The average Bonchev–Trinajstić information content (AvgIpc) is 2.94. The summed E-state index contributed by atoms with van der Waals surface area (Å²) in [5.74, 6) is 0.268. The summed E-state index contributed by atoms with van der Waals surface area (Å²) in [7, 11) is 1.66. The van der Waals surface area contributed by atoms with Gasteiger partial charge in [0.05, 0.1) is 12.0 Å². The highest BCUT2D eigenvalue weighted by Gasteiger charge is 2.30. The summed E-state index contributed by atoms with van der Waals surface area (Å²) in [6.07, 6.45) is 3.99. The molecule has 124 valence electrons. The monoisotopic (exact) mass is 353 g/mol. The molecule has 0 bridgehead atoms. The molecule has 0 saturated heterocycles. The number of aryl methyl sites for hydroxylation is 1. The van der Waals surface area contributed by atoms with E-state index in [1.165, 1.54) is 16.8 Å². The number of likely N-dealkylation sites (N-methyl/N-ethyl adjacent to an activating group) is 1. The first-order valence-corrected chi connectivity index (χ1v) is 9.03. The van der Waals surface area contributed by atoms with Crippen molar-refractivity contribution in [3.8, 4) is 0 Å². The van der Waals surface area contributed by atoms with Gasteiger partial charge in [-0.25, -0.2) is 9.97 Å². The van der Waals surface area contributed by atoms with Gasteiger partial charge in [0.1, 0.15) is 16.3 Å². The SMILES string of the molecule is CCN(CCOC)C(=O)C1CCc2c(sc3ncnc(Cl)c23)C1. The number of aromatic nitrogens is 2. The zero-order valence-corrected chi connectivity index (χ0v) is 14.9. The van der Waals surface area contributed by atoms with Gasteiger partial charge in [0.25, 0.3) is 0 Å². The lowest BCUT2D eigenvalue weighted by Crippen LogP contribution is -2.39. The van der Waals surface area contributed by atoms with E-state index in [1.54, 1.807) is 18.4 Å². The maximum absolute atomic E-state index is 12.7. The van der Waals surface area contributed by atoms with Gasteiger partial charge in [-0.05, 0) is 31.7 Å². The quantitative estimate of drug-likeness (QED) is 0.775. The Kier molecular flexibility index (Phi) is 5.14. The van der Waals surface area contributed by atoms with E-state index in [0.717, 1.165) is 36.0 Å². The summed E-state index contributed by atoms with van der Waals surface area (Å²) in [4.78, 5) is 25.2. The Balaban J connectivity index is 1.81. The van der Waals surface area contributed by atoms with Crippen molar-refractivity contribution >= 4 is 39.1 Å². The Bertz CT molecular complexity index is 719. The molecule has 3 rings (SSSR count). The van der Waals surface area contributed by atoms with E-state index >= 15 is 0 Å². The molecule has 0 saturated carbocycles. The van der Waals surface area contributed by atoms with E-state index < -0.39 is 0 Å². The first-order chi connectivity index (χ1) is 11.2. The van der Waals surface area contributed by atoms with E-state index in [1.807, 2.05) is 11.8 Å². The summed E-state index contributed by atoms with van der Waals surface area (Å²) < 4.78 is 5.10. The molecule has 2 aromatic heterocycles. The van der Waals surface area contributed by atoms with E-state index in [-0.39, 0.29) is 11.8 Å². The zero-order chi connectivity index (χ0) is 16.4. The maximum atomic E-state index is 12.7. The molecule has 5 nitrogen and oxygen atoms in total. The highest BCUT2D eigenvalue weighted by molar-refractivity contribution is 7.19. The Hall–Kier alpha value is -1.24. The summed E-state index contributed by atoms with van der Waals surface area (Å²) in [5.41, 5.74) is 1.24. The summed E-state index contributed by atoms with van der Waals surface area (Å²) in [6, 6.07) is 0. The molecule has 2 aromatic rings. The van der Waals surface area contributed by atoms with Gasteiger partial charge in [-0.1, -0.05) is 11.6 Å². The maximum Gasteiger partial charge on any atom is 0.226 e. The van der Waals surface area contributed by atoms with Crippen molar-refractivity contribution in [2.45, 2.75) is 26.2 Å². The lowest BCUT2D eigenvalue weighted by molar-refractivity contribution is -0.136. The number of carbonyl (C=O) groups is 1. The van der Waals surface area contributed by atoms with Gasteiger partial charge in [-0.15, -0.1) is 11.3 Å². The molecular weight excluding hydrogens is 334 g/mol. The Morgan fingerprint density at radius 2 is 2.35 bits per heavy atom. The minimum atomic E-state index is 0.0408. The van der Waals surface area contributed by atoms with Crippen molar-refractivity contribution in [3.63, 3.8) is 0 Å². The summed E-state index contributed by atoms with van der Waals surface area (Å²) in [5, 5.41) is 1.50. The van der Waals surface area contributed by atoms with Crippen molar-refractivity contribution in [3.05, 3.63) is 21.9 Å². The zero-order valence-electron chi connectivity index (χ0n) is 13.3. The van der Waals surface area contributed by atoms with E-state index in [4.69, 9.17) is 16.3 Å².